The van der Waals surface area contributed by atoms with E-state index in [1.54, 1.807) is 18.2 Å². The molecule has 0 heterocycles. The molecule has 0 bridgehead atoms. The van der Waals surface area contributed by atoms with Crippen molar-refractivity contribution in [2.45, 2.75) is 13.2 Å². The summed E-state index contributed by atoms with van der Waals surface area (Å²) in [7, 11) is 0. The molecule has 0 saturated carbocycles. The maximum absolute atomic E-state index is 13.4. The zero-order valence-electron chi connectivity index (χ0n) is 13.9. The molecule has 0 unspecified atom stereocenters. The van der Waals surface area contributed by atoms with Gasteiger partial charge in [-0.25, -0.2) is 4.39 Å². The second-order valence-electron chi connectivity index (χ2n) is 5.78. The zero-order chi connectivity index (χ0) is 19.4. The number of ether oxygens (including phenoxy) is 1. The molecule has 0 amide bonds. The van der Waals surface area contributed by atoms with Crippen molar-refractivity contribution < 1.29 is 9.13 Å². The fraction of sp³-hybridized carbons (Fsp3) is 0.100. The van der Waals surface area contributed by atoms with Crippen molar-refractivity contribution in [3.63, 3.8) is 0 Å². The summed E-state index contributed by atoms with van der Waals surface area (Å²) in [4.78, 5) is 0. The predicted molar refractivity (Wildman–Crippen MR) is 116 cm³/mol. The van der Waals surface area contributed by atoms with Gasteiger partial charge in [0.15, 0.2) is 0 Å². The molecule has 0 saturated heterocycles. The highest BCUT2D eigenvalue weighted by molar-refractivity contribution is 9.11. The van der Waals surface area contributed by atoms with Gasteiger partial charge < -0.3 is 10.1 Å². The molecule has 140 valence electrons. The zero-order valence-corrected chi connectivity index (χ0v) is 18.6. The number of hydrogen-bond acceptors (Lipinski definition) is 2. The molecule has 0 aliphatic rings. The third-order valence-electron chi connectivity index (χ3n) is 3.76. The molecule has 3 aromatic carbocycles. The third kappa shape index (κ3) is 5.61. The van der Waals surface area contributed by atoms with E-state index in [1.807, 2.05) is 24.3 Å². The molecule has 1 N–H and O–H groups in total. The second kappa shape index (κ2) is 9.28. The van der Waals surface area contributed by atoms with Gasteiger partial charge in [-0.05, 0) is 64.0 Å². The van der Waals surface area contributed by atoms with Crippen LogP contribution in [0.4, 0.5) is 10.1 Å². The molecular formula is C20H14Br2Cl2FNO. The average Bonchev–Trinajstić information content (AvgIpc) is 2.62. The molecule has 7 heteroatoms. The molecule has 3 aromatic rings. The van der Waals surface area contributed by atoms with Crippen molar-refractivity contribution in [2.24, 2.45) is 0 Å². The second-order valence-corrected chi connectivity index (χ2v) is 8.36. The first-order valence-electron chi connectivity index (χ1n) is 7.96. The summed E-state index contributed by atoms with van der Waals surface area (Å²) >= 11 is 19.1. The molecule has 2 nitrogen and oxygen atoms in total. The van der Waals surface area contributed by atoms with Gasteiger partial charge >= 0.3 is 0 Å². The monoisotopic (exact) mass is 531 g/mol. The number of benzene rings is 3. The molecule has 0 aromatic heterocycles. The molecule has 0 aliphatic heterocycles. The number of halogens is 5. The van der Waals surface area contributed by atoms with Gasteiger partial charge in [0.2, 0.25) is 0 Å². The Labute approximate surface area is 183 Å². The lowest BCUT2D eigenvalue weighted by Crippen LogP contribution is -2.05. The lowest BCUT2D eigenvalue weighted by Gasteiger charge is -2.16. The first-order chi connectivity index (χ1) is 12.9. The van der Waals surface area contributed by atoms with E-state index in [9.17, 15) is 4.39 Å². The van der Waals surface area contributed by atoms with E-state index < -0.39 is 0 Å². The van der Waals surface area contributed by atoms with Gasteiger partial charge in [-0.15, -0.1) is 0 Å². The molecule has 0 fully saturated rings. The van der Waals surface area contributed by atoms with Crippen molar-refractivity contribution in [2.75, 3.05) is 5.32 Å². The molecule has 0 radical (unpaired) electrons. The normalized spacial score (nSPS) is 10.7. The largest absolute Gasteiger partial charge is 0.487 e. The van der Waals surface area contributed by atoms with Gasteiger partial charge in [-0.3, -0.25) is 0 Å². The van der Waals surface area contributed by atoms with Crippen molar-refractivity contribution in [1.82, 2.24) is 0 Å². The smallest absolute Gasteiger partial charge is 0.139 e. The first kappa shape index (κ1) is 20.5. The summed E-state index contributed by atoms with van der Waals surface area (Å²) in [5, 5.41) is 4.30. The topological polar surface area (TPSA) is 21.3 Å². The van der Waals surface area contributed by atoms with Crippen LogP contribution in [-0.2, 0) is 13.2 Å². The minimum absolute atomic E-state index is 0.262. The predicted octanol–water partition coefficient (Wildman–Crippen LogP) is 7.85. The Morgan fingerprint density at radius 3 is 2.52 bits per heavy atom. The van der Waals surface area contributed by atoms with Crippen molar-refractivity contribution in [3.8, 4) is 5.75 Å². The molecule has 0 spiro atoms. The van der Waals surface area contributed by atoms with E-state index in [1.165, 1.54) is 12.1 Å². The van der Waals surface area contributed by atoms with Gasteiger partial charge in [-0.1, -0.05) is 51.3 Å². The Bertz CT molecular complexity index is 969. The van der Waals surface area contributed by atoms with Crippen LogP contribution >= 0.6 is 55.1 Å². The summed E-state index contributed by atoms with van der Waals surface area (Å²) in [5.74, 6) is 0.405. The van der Waals surface area contributed by atoms with Gasteiger partial charge in [0.25, 0.3) is 0 Å². The van der Waals surface area contributed by atoms with Crippen LogP contribution < -0.4 is 10.1 Å². The minimum Gasteiger partial charge on any atom is -0.487 e. The minimum atomic E-state index is -0.285. The third-order valence-corrected chi connectivity index (χ3v) is 5.55. The molecule has 0 aliphatic carbocycles. The van der Waals surface area contributed by atoms with E-state index in [2.05, 4.69) is 37.2 Å². The highest BCUT2D eigenvalue weighted by Crippen LogP contribution is 2.34. The number of nitrogens with one attached hydrogen (secondary N) is 1. The van der Waals surface area contributed by atoms with Crippen molar-refractivity contribution >= 4 is 60.7 Å². The molecular weight excluding hydrogens is 520 g/mol. The van der Waals surface area contributed by atoms with E-state index >= 15 is 0 Å². The van der Waals surface area contributed by atoms with Gasteiger partial charge in [-0.2, -0.15) is 0 Å². The summed E-state index contributed by atoms with van der Waals surface area (Å²) in [6.45, 7) is 0.770. The van der Waals surface area contributed by atoms with Crippen LogP contribution in [-0.4, -0.2) is 0 Å². The Kier molecular flexibility index (Phi) is 7.04. The van der Waals surface area contributed by atoms with Gasteiger partial charge in [0.05, 0.1) is 14.5 Å². The Hall–Kier alpha value is -1.27. The standard InChI is InChI=1S/C20H14Br2Cl2FNO/c21-14-7-13(10-26-16-4-5-18(23)19(24)9-16)20(17(22)8-14)27-11-12-2-1-3-15(25)6-12/h1-9,26H,10-11H2. The number of hydrogen-bond donors (Lipinski definition) is 1. The van der Waals surface area contributed by atoms with Gasteiger partial charge in [0.1, 0.15) is 18.2 Å². The summed E-state index contributed by atoms with van der Waals surface area (Å²) in [5.41, 5.74) is 2.53. The number of anilines is 1. The van der Waals surface area contributed by atoms with Crippen molar-refractivity contribution in [3.05, 3.63) is 90.5 Å². The van der Waals surface area contributed by atoms with Crippen LogP contribution in [0.3, 0.4) is 0 Å². The fourth-order valence-electron chi connectivity index (χ4n) is 2.49. The van der Waals surface area contributed by atoms with Gasteiger partial charge in [0, 0.05) is 22.3 Å². The van der Waals surface area contributed by atoms with E-state index in [4.69, 9.17) is 27.9 Å². The van der Waals surface area contributed by atoms with Crippen LogP contribution in [0.15, 0.2) is 63.5 Å². The quantitative estimate of drug-likeness (QED) is 0.348. The molecule has 3 rings (SSSR count). The van der Waals surface area contributed by atoms with Crippen molar-refractivity contribution in [1.29, 1.82) is 0 Å². The van der Waals surface area contributed by atoms with Crippen LogP contribution in [0.25, 0.3) is 0 Å². The number of rotatable bonds is 6. The highest BCUT2D eigenvalue weighted by atomic mass is 79.9. The van der Waals surface area contributed by atoms with Crippen LogP contribution in [0.2, 0.25) is 10.0 Å². The summed E-state index contributed by atoms with van der Waals surface area (Å²) in [6.07, 6.45) is 0. The SMILES string of the molecule is Fc1cccc(COc2c(Br)cc(Br)cc2CNc2ccc(Cl)c(Cl)c2)c1. The summed E-state index contributed by atoms with van der Waals surface area (Å²) in [6, 6.07) is 15.6. The molecule has 27 heavy (non-hydrogen) atoms. The Balaban J connectivity index is 1.78. The van der Waals surface area contributed by atoms with Crippen LogP contribution in [0.1, 0.15) is 11.1 Å². The lowest BCUT2D eigenvalue weighted by atomic mass is 10.2. The average molecular weight is 534 g/mol. The lowest BCUT2D eigenvalue weighted by molar-refractivity contribution is 0.300. The maximum atomic E-state index is 13.4. The van der Waals surface area contributed by atoms with E-state index in [0.29, 0.717) is 22.3 Å². The highest BCUT2D eigenvalue weighted by Gasteiger charge is 2.11. The van der Waals surface area contributed by atoms with Crippen LogP contribution in [0, 0.1) is 5.82 Å². The van der Waals surface area contributed by atoms with E-state index in [-0.39, 0.29) is 12.4 Å². The first-order valence-corrected chi connectivity index (χ1v) is 10.3. The maximum Gasteiger partial charge on any atom is 0.139 e. The van der Waals surface area contributed by atoms with E-state index in [0.717, 1.165) is 25.8 Å². The summed E-state index contributed by atoms with van der Waals surface area (Å²) < 4.78 is 21.1. The Morgan fingerprint density at radius 2 is 1.78 bits per heavy atom. The Morgan fingerprint density at radius 1 is 0.963 bits per heavy atom. The fourth-order valence-corrected chi connectivity index (χ4v) is 4.22. The van der Waals surface area contributed by atoms with Crippen LogP contribution in [0.5, 0.6) is 5.75 Å². The molecule has 0 atom stereocenters.